The van der Waals surface area contributed by atoms with Gasteiger partial charge in [0.1, 0.15) is 5.82 Å². The van der Waals surface area contributed by atoms with Gasteiger partial charge in [0.05, 0.1) is 5.92 Å². The fourth-order valence-corrected chi connectivity index (χ4v) is 3.17. The molecule has 0 aliphatic carbocycles. The van der Waals surface area contributed by atoms with Crippen LogP contribution in [0.15, 0.2) is 48.5 Å². The predicted molar refractivity (Wildman–Crippen MR) is 107 cm³/mol. The summed E-state index contributed by atoms with van der Waals surface area (Å²) in [7, 11) is 0. The summed E-state index contributed by atoms with van der Waals surface area (Å²) in [4.78, 5) is 40.3. The summed E-state index contributed by atoms with van der Waals surface area (Å²) >= 11 is 0. The molecule has 0 bridgehead atoms. The molecule has 1 atom stereocenters. The van der Waals surface area contributed by atoms with Crippen molar-refractivity contribution >= 4 is 23.4 Å². The molecule has 1 aliphatic rings. The zero-order chi connectivity index (χ0) is 21.0. The summed E-state index contributed by atoms with van der Waals surface area (Å²) in [6.45, 7) is 5.02. The van der Waals surface area contributed by atoms with Gasteiger partial charge in [-0.3, -0.25) is 14.4 Å². The Morgan fingerprint density at radius 1 is 1.00 bits per heavy atom. The molecule has 3 rings (SSSR count). The Hall–Kier alpha value is -3.22. The average molecular weight is 397 g/mol. The van der Waals surface area contributed by atoms with Gasteiger partial charge in [-0.1, -0.05) is 36.8 Å². The number of nitrogens with one attached hydrogen (secondary N) is 1. The largest absolute Gasteiger partial charge is 0.332 e. The van der Waals surface area contributed by atoms with E-state index >= 15 is 0 Å². The maximum atomic E-state index is 13.0. The fraction of sp³-hybridized carbons (Fsp3) is 0.318. The van der Waals surface area contributed by atoms with Crippen LogP contribution < -0.4 is 5.32 Å². The van der Waals surface area contributed by atoms with Crippen molar-refractivity contribution in [1.29, 1.82) is 0 Å². The van der Waals surface area contributed by atoms with E-state index in [1.54, 1.807) is 6.92 Å². The third kappa shape index (κ3) is 5.19. The molecular weight excluding hydrogens is 373 g/mol. The van der Waals surface area contributed by atoms with Crippen molar-refractivity contribution in [3.05, 3.63) is 65.5 Å². The molecule has 1 N–H and O–H groups in total. The lowest BCUT2D eigenvalue weighted by molar-refractivity contribution is -0.157. The van der Waals surface area contributed by atoms with Crippen molar-refractivity contribution in [2.24, 2.45) is 5.92 Å². The minimum Gasteiger partial charge on any atom is -0.332 e. The van der Waals surface area contributed by atoms with Crippen LogP contribution in [-0.4, -0.2) is 47.2 Å². The van der Waals surface area contributed by atoms with Gasteiger partial charge in [0, 0.05) is 31.9 Å². The molecule has 152 valence electrons. The lowest BCUT2D eigenvalue weighted by Crippen LogP contribution is -2.55. The van der Waals surface area contributed by atoms with Gasteiger partial charge in [-0.15, -0.1) is 0 Å². The standard InChI is InChI=1S/C22H24FN3O3/c1-15-3-5-17(6-4-15)14-26-12-11-25(21(28)22(26)29)13-16(2)20(27)24-19-9-7-18(23)8-10-19/h3-10,16H,11-14H2,1-2H3,(H,24,27)/t16-/m0/s1. The van der Waals surface area contributed by atoms with Crippen LogP contribution in [0.4, 0.5) is 10.1 Å². The third-order valence-corrected chi connectivity index (χ3v) is 4.94. The summed E-state index contributed by atoms with van der Waals surface area (Å²) in [5.41, 5.74) is 2.58. The first-order valence-corrected chi connectivity index (χ1v) is 9.53. The SMILES string of the molecule is Cc1ccc(CN2CCN(C[C@H](C)C(=O)Nc3ccc(F)cc3)C(=O)C2=O)cc1. The highest BCUT2D eigenvalue weighted by Crippen LogP contribution is 2.15. The van der Waals surface area contributed by atoms with Crippen LogP contribution in [0.2, 0.25) is 0 Å². The number of benzene rings is 2. The first-order valence-electron chi connectivity index (χ1n) is 9.53. The summed E-state index contributed by atoms with van der Waals surface area (Å²) in [6, 6.07) is 13.3. The van der Waals surface area contributed by atoms with Crippen molar-refractivity contribution in [2.45, 2.75) is 20.4 Å². The van der Waals surface area contributed by atoms with Gasteiger partial charge in [0.2, 0.25) is 5.91 Å². The molecule has 6 nitrogen and oxygen atoms in total. The lowest BCUT2D eigenvalue weighted by atomic mass is 10.1. The topological polar surface area (TPSA) is 69.7 Å². The third-order valence-electron chi connectivity index (χ3n) is 4.94. The molecule has 29 heavy (non-hydrogen) atoms. The second-order valence-corrected chi connectivity index (χ2v) is 7.36. The smallest absolute Gasteiger partial charge is 0.312 e. The van der Waals surface area contributed by atoms with Crippen LogP contribution >= 0.6 is 0 Å². The van der Waals surface area contributed by atoms with E-state index < -0.39 is 17.7 Å². The maximum absolute atomic E-state index is 13.0. The molecule has 3 amide bonds. The van der Waals surface area contributed by atoms with E-state index in [-0.39, 0.29) is 18.3 Å². The first-order chi connectivity index (χ1) is 13.8. The van der Waals surface area contributed by atoms with Crippen molar-refractivity contribution in [1.82, 2.24) is 9.80 Å². The van der Waals surface area contributed by atoms with E-state index in [0.717, 1.165) is 11.1 Å². The number of carbonyl (C=O) groups excluding carboxylic acids is 3. The Morgan fingerprint density at radius 3 is 2.24 bits per heavy atom. The molecule has 1 saturated heterocycles. The van der Waals surface area contributed by atoms with Gasteiger partial charge in [-0.25, -0.2) is 4.39 Å². The van der Waals surface area contributed by atoms with Crippen molar-refractivity contribution < 1.29 is 18.8 Å². The predicted octanol–water partition coefficient (Wildman–Crippen LogP) is 2.58. The molecule has 0 radical (unpaired) electrons. The van der Waals surface area contributed by atoms with Gasteiger partial charge in [0.25, 0.3) is 0 Å². The minimum absolute atomic E-state index is 0.149. The Morgan fingerprint density at radius 2 is 1.59 bits per heavy atom. The summed E-state index contributed by atoms with van der Waals surface area (Å²) < 4.78 is 13.0. The van der Waals surface area contributed by atoms with Crippen LogP contribution in [0.5, 0.6) is 0 Å². The summed E-state index contributed by atoms with van der Waals surface area (Å²) in [5.74, 6) is -2.34. The van der Waals surface area contributed by atoms with Gasteiger partial charge >= 0.3 is 11.8 Å². The molecule has 1 aliphatic heterocycles. The highest BCUT2D eigenvalue weighted by Gasteiger charge is 2.33. The lowest BCUT2D eigenvalue weighted by Gasteiger charge is -2.34. The number of piperazine rings is 1. The Kier molecular flexibility index (Phi) is 6.26. The molecular formula is C22H24FN3O3. The fourth-order valence-electron chi connectivity index (χ4n) is 3.17. The van der Waals surface area contributed by atoms with Gasteiger partial charge < -0.3 is 15.1 Å². The molecule has 0 unspecified atom stereocenters. The van der Waals surface area contributed by atoms with Crippen LogP contribution in [-0.2, 0) is 20.9 Å². The highest BCUT2D eigenvalue weighted by molar-refractivity contribution is 6.35. The molecule has 0 aromatic heterocycles. The van der Waals surface area contributed by atoms with Crippen molar-refractivity contribution in [3.8, 4) is 0 Å². The Balaban J connectivity index is 1.54. The molecule has 2 aromatic rings. The second-order valence-electron chi connectivity index (χ2n) is 7.36. The summed E-state index contributed by atoms with van der Waals surface area (Å²) in [5, 5.41) is 2.69. The number of nitrogens with zero attached hydrogens (tertiary/aromatic N) is 2. The average Bonchev–Trinajstić information content (AvgIpc) is 2.71. The molecule has 7 heteroatoms. The number of rotatable bonds is 6. The van der Waals surface area contributed by atoms with Crippen molar-refractivity contribution in [2.75, 3.05) is 25.0 Å². The molecule has 0 saturated carbocycles. The highest BCUT2D eigenvalue weighted by atomic mass is 19.1. The number of anilines is 1. The minimum atomic E-state index is -0.593. The number of carbonyl (C=O) groups is 3. The van der Waals surface area contributed by atoms with Crippen LogP contribution in [0.25, 0.3) is 0 Å². The first kappa shape index (κ1) is 20.5. The van der Waals surface area contributed by atoms with Crippen LogP contribution in [0.1, 0.15) is 18.1 Å². The molecule has 2 aromatic carbocycles. The zero-order valence-electron chi connectivity index (χ0n) is 16.5. The number of halogens is 1. The van der Waals surface area contributed by atoms with Crippen LogP contribution in [0, 0.1) is 18.7 Å². The van der Waals surface area contributed by atoms with Gasteiger partial charge in [0.15, 0.2) is 0 Å². The molecule has 1 fully saturated rings. The van der Waals surface area contributed by atoms with Crippen LogP contribution in [0.3, 0.4) is 0 Å². The quantitative estimate of drug-likeness (QED) is 0.762. The Labute approximate surface area is 169 Å². The van der Waals surface area contributed by atoms with E-state index in [4.69, 9.17) is 0 Å². The van der Waals surface area contributed by atoms with E-state index in [0.29, 0.717) is 25.3 Å². The van der Waals surface area contributed by atoms with E-state index in [9.17, 15) is 18.8 Å². The van der Waals surface area contributed by atoms with Crippen molar-refractivity contribution in [3.63, 3.8) is 0 Å². The summed E-state index contributed by atoms with van der Waals surface area (Å²) in [6.07, 6.45) is 0. The number of aryl methyl sites for hydroxylation is 1. The zero-order valence-corrected chi connectivity index (χ0v) is 16.5. The molecule has 1 heterocycles. The Bertz CT molecular complexity index is 897. The normalized spacial score (nSPS) is 15.4. The number of amides is 3. The van der Waals surface area contributed by atoms with E-state index in [1.807, 2.05) is 31.2 Å². The molecule has 0 spiro atoms. The number of hydrogen-bond acceptors (Lipinski definition) is 3. The van der Waals surface area contributed by atoms with Gasteiger partial charge in [-0.05, 0) is 36.8 Å². The van der Waals surface area contributed by atoms with E-state index in [2.05, 4.69) is 5.32 Å². The van der Waals surface area contributed by atoms with Gasteiger partial charge in [-0.2, -0.15) is 0 Å². The second kappa shape index (κ2) is 8.86. The monoisotopic (exact) mass is 397 g/mol. The van der Waals surface area contributed by atoms with E-state index in [1.165, 1.54) is 34.1 Å². The maximum Gasteiger partial charge on any atom is 0.312 e. The number of hydrogen-bond donors (Lipinski definition) is 1.